The van der Waals surface area contributed by atoms with Gasteiger partial charge < -0.3 is 0 Å². The van der Waals surface area contributed by atoms with Gasteiger partial charge in [0.25, 0.3) is 0 Å². The standard InChI is InChI=1S/C11H18N2O2/c1-3-11(4-2,13-10-15)7-5-6-8-12-9-14/h3-8H2,1-2H3. The number of hydrogen-bond acceptors (Lipinski definition) is 4. The summed E-state index contributed by atoms with van der Waals surface area (Å²) in [5.41, 5.74) is -0.257. The second-order valence-corrected chi connectivity index (χ2v) is 3.56. The second-order valence-electron chi connectivity index (χ2n) is 3.56. The van der Waals surface area contributed by atoms with E-state index in [1.807, 2.05) is 13.8 Å². The van der Waals surface area contributed by atoms with Crippen LogP contribution >= 0.6 is 0 Å². The molecule has 0 bridgehead atoms. The highest BCUT2D eigenvalue weighted by molar-refractivity contribution is 5.34. The van der Waals surface area contributed by atoms with E-state index >= 15 is 0 Å². The number of unbranched alkanes of at least 4 members (excludes halogenated alkanes) is 1. The van der Waals surface area contributed by atoms with Gasteiger partial charge in [0.2, 0.25) is 12.2 Å². The van der Waals surface area contributed by atoms with Gasteiger partial charge in [-0.25, -0.2) is 14.6 Å². The number of nitrogens with zero attached hydrogens (tertiary/aromatic N) is 2. The van der Waals surface area contributed by atoms with E-state index in [1.165, 1.54) is 6.08 Å². The van der Waals surface area contributed by atoms with Crippen molar-refractivity contribution in [2.45, 2.75) is 51.5 Å². The van der Waals surface area contributed by atoms with Gasteiger partial charge in [-0.15, -0.1) is 0 Å². The highest BCUT2D eigenvalue weighted by Gasteiger charge is 2.24. The predicted octanol–water partition coefficient (Wildman–Crippen LogP) is 2.39. The summed E-state index contributed by atoms with van der Waals surface area (Å²) in [7, 11) is 0. The maximum absolute atomic E-state index is 10.3. The van der Waals surface area contributed by atoms with E-state index in [2.05, 4.69) is 9.98 Å². The summed E-state index contributed by atoms with van der Waals surface area (Å²) in [6.07, 6.45) is 7.45. The molecule has 15 heavy (non-hydrogen) atoms. The first-order valence-corrected chi connectivity index (χ1v) is 5.37. The van der Waals surface area contributed by atoms with Gasteiger partial charge in [-0.1, -0.05) is 13.8 Å². The van der Waals surface area contributed by atoms with Crippen molar-refractivity contribution in [1.82, 2.24) is 0 Å². The molecule has 0 saturated heterocycles. The van der Waals surface area contributed by atoms with Crippen LogP contribution in [0.5, 0.6) is 0 Å². The molecular weight excluding hydrogens is 192 g/mol. The van der Waals surface area contributed by atoms with E-state index in [4.69, 9.17) is 0 Å². The smallest absolute Gasteiger partial charge is 0.211 e. The maximum atomic E-state index is 10.3. The van der Waals surface area contributed by atoms with Gasteiger partial charge in [0.15, 0.2) is 0 Å². The van der Waals surface area contributed by atoms with Crippen molar-refractivity contribution in [3.63, 3.8) is 0 Å². The topological polar surface area (TPSA) is 58.9 Å². The Morgan fingerprint density at radius 1 is 1.07 bits per heavy atom. The van der Waals surface area contributed by atoms with Crippen molar-refractivity contribution in [3.05, 3.63) is 0 Å². The van der Waals surface area contributed by atoms with Crippen molar-refractivity contribution in [2.75, 3.05) is 6.54 Å². The zero-order chi connectivity index (χ0) is 11.6. The average molecular weight is 210 g/mol. The Labute approximate surface area is 90.5 Å². The predicted molar refractivity (Wildman–Crippen MR) is 58.3 cm³/mol. The number of hydrogen-bond donors (Lipinski definition) is 0. The monoisotopic (exact) mass is 210 g/mol. The average Bonchev–Trinajstić information content (AvgIpc) is 2.27. The number of rotatable bonds is 8. The second kappa shape index (κ2) is 8.10. The maximum Gasteiger partial charge on any atom is 0.235 e. The van der Waals surface area contributed by atoms with Gasteiger partial charge in [0.05, 0.1) is 12.1 Å². The molecule has 4 nitrogen and oxygen atoms in total. The van der Waals surface area contributed by atoms with Gasteiger partial charge in [-0.3, -0.25) is 0 Å². The van der Waals surface area contributed by atoms with Crippen LogP contribution in [-0.2, 0) is 9.59 Å². The Kier molecular flexibility index (Phi) is 7.43. The number of carbonyl (C=O) groups excluding carboxylic acids is 2. The van der Waals surface area contributed by atoms with E-state index in [0.29, 0.717) is 6.54 Å². The van der Waals surface area contributed by atoms with Crippen LogP contribution < -0.4 is 0 Å². The lowest BCUT2D eigenvalue weighted by Gasteiger charge is -2.24. The van der Waals surface area contributed by atoms with Gasteiger partial charge in [-0.05, 0) is 32.1 Å². The zero-order valence-corrected chi connectivity index (χ0v) is 9.45. The van der Waals surface area contributed by atoms with Crippen LogP contribution in [0.15, 0.2) is 9.98 Å². The number of aliphatic imine (C=N–C) groups is 2. The summed E-state index contributed by atoms with van der Waals surface area (Å²) in [5, 5.41) is 0. The van der Waals surface area contributed by atoms with Crippen LogP contribution in [-0.4, -0.2) is 24.2 Å². The minimum atomic E-state index is -0.257. The molecule has 0 saturated carbocycles. The summed E-state index contributed by atoms with van der Waals surface area (Å²) in [5.74, 6) is 0. The molecule has 0 aromatic rings. The molecule has 84 valence electrons. The van der Waals surface area contributed by atoms with Crippen molar-refractivity contribution in [2.24, 2.45) is 9.98 Å². The molecule has 0 unspecified atom stereocenters. The van der Waals surface area contributed by atoms with Crippen molar-refractivity contribution < 1.29 is 9.59 Å². The lowest BCUT2D eigenvalue weighted by atomic mass is 9.88. The third-order valence-corrected chi connectivity index (χ3v) is 2.83. The third kappa shape index (κ3) is 5.26. The zero-order valence-electron chi connectivity index (χ0n) is 9.45. The molecule has 0 heterocycles. The van der Waals surface area contributed by atoms with Crippen molar-refractivity contribution >= 4 is 12.2 Å². The molecule has 4 heteroatoms. The van der Waals surface area contributed by atoms with Crippen LogP contribution in [0.1, 0.15) is 46.0 Å². The fourth-order valence-electron chi connectivity index (χ4n) is 1.60. The van der Waals surface area contributed by atoms with Crippen molar-refractivity contribution in [3.8, 4) is 0 Å². The van der Waals surface area contributed by atoms with Gasteiger partial charge in [0, 0.05) is 0 Å². The van der Waals surface area contributed by atoms with E-state index in [-0.39, 0.29) is 5.54 Å². The molecule has 0 rings (SSSR count). The molecule has 0 N–H and O–H groups in total. The SMILES string of the molecule is CCC(CC)(CCCCN=C=O)N=C=O. The van der Waals surface area contributed by atoms with Gasteiger partial charge >= 0.3 is 0 Å². The molecule has 0 aromatic heterocycles. The summed E-state index contributed by atoms with van der Waals surface area (Å²) >= 11 is 0. The molecule has 0 spiro atoms. The number of isocyanates is 2. The minimum absolute atomic E-state index is 0.257. The Morgan fingerprint density at radius 3 is 2.20 bits per heavy atom. The van der Waals surface area contributed by atoms with E-state index < -0.39 is 0 Å². The highest BCUT2D eigenvalue weighted by atomic mass is 16.1. The largest absolute Gasteiger partial charge is 0.235 e. The van der Waals surface area contributed by atoms with Crippen LogP contribution in [0.2, 0.25) is 0 Å². The summed E-state index contributed by atoms with van der Waals surface area (Å²) < 4.78 is 0. The van der Waals surface area contributed by atoms with Crippen LogP contribution in [0, 0.1) is 0 Å². The molecule has 0 amide bonds. The molecular formula is C11H18N2O2. The quantitative estimate of drug-likeness (QED) is 0.351. The molecule has 0 aliphatic carbocycles. The first-order chi connectivity index (χ1) is 7.24. The highest BCUT2D eigenvalue weighted by Crippen LogP contribution is 2.26. The fraction of sp³-hybridized carbons (Fsp3) is 0.818. The summed E-state index contributed by atoms with van der Waals surface area (Å²) in [6.45, 7) is 4.56. The molecule has 0 aliphatic heterocycles. The van der Waals surface area contributed by atoms with Crippen molar-refractivity contribution in [1.29, 1.82) is 0 Å². The molecule has 0 aliphatic rings. The van der Waals surface area contributed by atoms with Crippen LogP contribution in [0.4, 0.5) is 0 Å². The lowest BCUT2D eigenvalue weighted by Crippen LogP contribution is -2.24. The van der Waals surface area contributed by atoms with Gasteiger partial charge in [0.1, 0.15) is 0 Å². The molecule has 0 aromatic carbocycles. The van der Waals surface area contributed by atoms with E-state index in [0.717, 1.165) is 32.1 Å². The molecule has 0 atom stereocenters. The summed E-state index contributed by atoms with van der Waals surface area (Å²) in [4.78, 5) is 27.5. The summed E-state index contributed by atoms with van der Waals surface area (Å²) in [6, 6.07) is 0. The Bertz CT molecular complexity index is 260. The third-order valence-electron chi connectivity index (χ3n) is 2.83. The molecule has 0 radical (unpaired) electrons. The van der Waals surface area contributed by atoms with E-state index in [1.54, 1.807) is 6.08 Å². The Hall–Kier alpha value is -1.24. The van der Waals surface area contributed by atoms with E-state index in [9.17, 15) is 9.59 Å². The first kappa shape index (κ1) is 13.8. The molecule has 0 fully saturated rings. The Morgan fingerprint density at radius 2 is 1.73 bits per heavy atom. The van der Waals surface area contributed by atoms with Gasteiger partial charge in [-0.2, -0.15) is 4.99 Å². The Balaban J connectivity index is 4.06. The van der Waals surface area contributed by atoms with Crippen LogP contribution in [0.3, 0.4) is 0 Å². The minimum Gasteiger partial charge on any atom is -0.211 e. The van der Waals surface area contributed by atoms with Crippen LogP contribution in [0.25, 0.3) is 0 Å². The first-order valence-electron chi connectivity index (χ1n) is 5.37. The normalized spacial score (nSPS) is 10.3. The lowest BCUT2D eigenvalue weighted by molar-refractivity contribution is 0.355. The fourth-order valence-corrected chi connectivity index (χ4v) is 1.60.